The van der Waals surface area contributed by atoms with Crippen LogP contribution in [-0.4, -0.2) is 29.8 Å². The molecule has 1 fully saturated rings. The lowest BCUT2D eigenvalue weighted by Crippen LogP contribution is -2.27. The highest BCUT2D eigenvalue weighted by Gasteiger charge is 2.20. The number of carbonyl (C=O) groups excluding carboxylic acids is 2. The van der Waals surface area contributed by atoms with E-state index in [2.05, 4.69) is 17.5 Å². The number of rotatable bonds is 3. The second-order valence-electron chi connectivity index (χ2n) is 6.05. The molecule has 22 heavy (non-hydrogen) atoms. The largest absolute Gasteiger partial charge is 0.339 e. The molecule has 3 rings (SSSR count). The summed E-state index contributed by atoms with van der Waals surface area (Å²) in [6, 6.07) is 7.24. The Kier molecular flexibility index (Phi) is 4.56. The predicted octanol–water partition coefficient (Wildman–Crippen LogP) is 3.22. The van der Waals surface area contributed by atoms with E-state index in [0.29, 0.717) is 5.56 Å². The van der Waals surface area contributed by atoms with E-state index in [9.17, 15) is 9.59 Å². The average Bonchev–Trinajstić information content (AvgIpc) is 3.10. The maximum Gasteiger partial charge on any atom is 0.253 e. The number of anilines is 1. The molecule has 0 spiro atoms. The summed E-state index contributed by atoms with van der Waals surface area (Å²) in [5.74, 6) is 0.228. The SMILES string of the molecule is O=C(Nc1ccc(C(=O)N2CCCC2)cc1)C1CC=CCC1. The highest BCUT2D eigenvalue weighted by molar-refractivity contribution is 5.96. The van der Waals surface area contributed by atoms with E-state index in [4.69, 9.17) is 0 Å². The summed E-state index contributed by atoms with van der Waals surface area (Å²) in [7, 11) is 0. The van der Waals surface area contributed by atoms with Crippen LogP contribution in [0.4, 0.5) is 5.69 Å². The maximum atomic E-state index is 12.3. The van der Waals surface area contributed by atoms with Gasteiger partial charge in [0.15, 0.2) is 0 Å². The fourth-order valence-electron chi connectivity index (χ4n) is 3.07. The Labute approximate surface area is 131 Å². The molecule has 1 aliphatic carbocycles. The molecule has 2 amide bonds. The van der Waals surface area contributed by atoms with Gasteiger partial charge in [-0.25, -0.2) is 0 Å². The third kappa shape index (κ3) is 3.38. The molecule has 1 saturated heterocycles. The van der Waals surface area contributed by atoms with Gasteiger partial charge in [0, 0.05) is 30.3 Å². The standard InChI is InChI=1S/C18H22N2O2/c21-17(14-6-2-1-3-7-14)19-16-10-8-15(9-11-16)18(22)20-12-4-5-13-20/h1-2,8-11,14H,3-7,12-13H2,(H,19,21). The quantitative estimate of drug-likeness (QED) is 0.871. The van der Waals surface area contributed by atoms with Crippen LogP contribution in [0.25, 0.3) is 0 Å². The number of likely N-dealkylation sites (tertiary alicyclic amines) is 1. The van der Waals surface area contributed by atoms with Gasteiger partial charge in [0.2, 0.25) is 5.91 Å². The number of carbonyl (C=O) groups is 2. The Morgan fingerprint density at radius 3 is 2.41 bits per heavy atom. The summed E-state index contributed by atoms with van der Waals surface area (Å²) < 4.78 is 0. The van der Waals surface area contributed by atoms with Crippen molar-refractivity contribution in [3.05, 3.63) is 42.0 Å². The molecule has 1 aromatic rings. The molecule has 4 nitrogen and oxygen atoms in total. The van der Waals surface area contributed by atoms with Gasteiger partial charge < -0.3 is 10.2 Å². The molecule has 1 aliphatic heterocycles. The molecule has 1 atom stereocenters. The summed E-state index contributed by atoms with van der Waals surface area (Å²) in [6.45, 7) is 1.71. The smallest absolute Gasteiger partial charge is 0.253 e. The van der Waals surface area contributed by atoms with E-state index in [-0.39, 0.29) is 17.7 Å². The highest BCUT2D eigenvalue weighted by Crippen LogP contribution is 2.21. The highest BCUT2D eigenvalue weighted by atomic mass is 16.2. The molecule has 1 aromatic carbocycles. The van der Waals surface area contributed by atoms with Crippen molar-refractivity contribution >= 4 is 17.5 Å². The molecule has 1 N–H and O–H groups in total. The van der Waals surface area contributed by atoms with Crippen molar-refractivity contribution in [2.75, 3.05) is 18.4 Å². The minimum absolute atomic E-state index is 0.0657. The minimum Gasteiger partial charge on any atom is -0.339 e. The van der Waals surface area contributed by atoms with E-state index >= 15 is 0 Å². The second-order valence-corrected chi connectivity index (χ2v) is 6.05. The van der Waals surface area contributed by atoms with Crippen LogP contribution >= 0.6 is 0 Å². The first-order chi connectivity index (χ1) is 10.7. The van der Waals surface area contributed by atoms with E-state index in [1.54, 1.807) is 12.1 Å². The van der Waals surface area contributed by atoms with E-state index in [0.717, 1.165) is 50.9 Å². The predicted molar refractivity (Wildman–Crippen MR) is 86.7 cm³/mol. The molecule has 0 saturated carbocycles. The summed E-state index contributed by atoms with van der Waals surface area (Å²) in [5, 5.41) is 2.95. The summed E-state index contributed by atoms with van der Waals surface area (Å²) in [6.07, 6.45) is 9.09. The van der Waals surface area contributed by atoms with Gasteiger partial charge >= 0.3 is 0 Å². The molecule has 116 valence electrons. The molecule has 1 unspecified atom stereocenters. The number of hydrogen-bond acceptors (Lipinski definition) is 2. The molecule has 0 bridgehead atoms. The van der Waals surface area contributed by atoms with E-state index in [1.807, 2.05) is 17.0 Å². The Morgan fingerprint density at radius 2 is 1.77 bits per heavy atom. The van der Waals surface area contributed by atoms with Gasteiger partial charge in [0.05, 0.1) is 0 Å². The van der Waals surface area contributed by atoms with Crippen LogP contribution in [0.3, 0.4) is 0 Å². The van der Waals surface area contributed by atoms with Crippen molar-refractivity contribution in [2.45, 2.75) is 32.1 Å². The van der Waals surface area contributed by atoms with Crippen LogP contribution in [0.1, 0.15) is 42.5 Å². The number of nitrogens with zero attached hydrogens (tertiary/aromatic N) is 1. The minimum atomic E-state index is 0.0657. The zero-order valence-electron chi connectivity index (χ0n) is 12.8. The van der Waals surface area contributed by atoms with Crippen molar-refractivity contribution in [3.8, 4) is 0 Å². The Bertz CT molecular complexity index is 571. The summed E-state index contributed by atoms with van der Waals surface area (Å²) in [5.41, 5.74) is 1.46. The first-order valence-electron chi connectivity index (χ1n) is 8.09. The molecular weight excluding hydrogens is 276 g/mol. The van der Waals surface area contributed by atoms with Crippen molar-refractivity contribution in [1.82, 2.24) is 4.90 Å². The zero-order valence-corrected chi connectivity index (χ0v) is 12.8. The molecule has 4 heteroatoms. The Morgan fingerprint density at radius 1 is 1.05 bits per heavy atom. The first-order valence-corrected chi connectivity index (χ1v) is 8.09. The fourth-order valence-corrected chi connectivity index (χ4v) is 3.07. The van der Waals surface area contributed by atoms with Gasteiger partial charge in [-0.1, -0.05) is 12.2 Å². The molecular formula is C18H22N2O2. The van der Waals surface area contributed by atoms with E-state index in [1.165, 1.54) is 0 Å². The zero-order chi connectivity index (χ0) is 15.4. The molecule has 2 aliphatic rings. The van der Waals surface area contributed by atoms with Crippen LogP contribution < -0.4 is 5.32 Å². The number of hydrogen-bond donors (Lipinski definition) is 1. The van der Waals surface area contributed by atoms with Crippen molar-refractivity contribution in [3.63, 3.8) is 0 Å². The third-order valence-corrected chi connectivity index (χ3v) is 4.43. The lowest BCUT2D eigenvalue weighted by atomic mass is 9.93. The van der Waals surface area contributed by atoms with Gasteiger partial charge in [-0.2, -0.15) is 0 Å². The third-order valence-electron chi connectivity index (χ3n) is 4.43. The lowest BCUT2D eigenvalue weighted by Gasteiger charge is -2.18. The van der Waals surface area contributed by atoms with Crippen LogP contribution in [0.15, 0.2) is 36.4 Å². The number of allylic oxidation sites excluding steroid dienone is 2. The molecule has 1 heterocycles. The summed E-state index contributed by atoms with van der Waals surface area (Å²) >= 11 is 0. The number of nitrogens with one attached hydrogen (secondary N) is 1. The topological polar surface area (TPSA) is 49.4 Å². The van der Waals surface area contributed by atoms with Gasteiger partial charge in [-0.05, 0) is 56.4 Å². The fraction of sp³-hybridized carbons (Fsp3) is 0.444. The van der Waals surface area contributed by atoms with Crippen LogP contribution in [0, 0.1) is 5.92 Å². The van der Waals surface area contributed by atoms with Crippen molar-refractivity contribution in [2.24, 2.45) is 5.92 Å². The van der Waals surface area contributed by atoms with Crippen molar-refractivity contribution in [1.29, 1.82) is 0 Å². The number of amides is 2. The maximum absolute atomic E-state index is 12.3. The Hall–Kier alpha value is -2.10. The lowest BCUT2D eigenvalue weighted by molar-refractivity contribution is -0.120. The molecule has 0 aromatic heterocycles. The summed E-state index contributed by atoms with van der Waals surface area (Å²) in [4.78, 5) is 26.3. The molecule has 0 radical (unpaired) electrons. The van der Waals surface area contributed by atoms with E-state index < -0.39 is 0 Å². The second kappa shape index (κ2) is 6.77. The number of benzene rings is 1. The Balaban J connectivity index is 1.60. The van der Waals surface area contributed by atoms with Crippen molar-refractivity contribution < 1.29 is 9.59 Å². The first kappa shape index (κ1) is 14.8. The van der Waals surface area contributed by atoms with Gasteiger partial charge in [0.1, 0.15) is 0 Å². The van der Waals surface area contributed by atoms with Gasteiger partial charge in [-0.15, -0.1) is 0 Å². The van der Waals surface area contributed by atoms with Gasteiger partial charge in [-0.3, -0.25) is 9.59 Å². The van der Waals surface area contributed by atoms with Gasteiger partial charge in [0.25, 0.3) is 5.91 Å². The van der Waals surface area contributed by atoms with Crippen LogP contribution in [0.5, 0.6) is 0 Å². The normalized spacial score (nSPS) is 20.9. The monoisotopic (exact) mass is 298 g/mol. The average molecular weight is 298 g/mol. The van der Waals surface area contributed by atoms with Crippen LogP contribution in [-0.2, 0) is 4.79 Å². The van der Waals surface area contributed by atoms with Crippen LogP contribution in [0.2, 0.25) is 0 Å².